The van der Waals surface area contributed by atoms with Crippen molar-refractivity contribution in [1.82, 2.24) is 56.8 Å². The van der Waals surface area contributed by atoms with Crippen LogP contribution in [0.5, 0.6) is 0 Å². The summed E-state index contributed by atoms with van der Waals surface area (Å²) in [5, 5.41) is 21.5. The number of nitrogens with two attached hydrogens (primary N) is 2. The fourth-order valence-electron chi connectivity index (χ4n) is 8.24. The van der Waals surface area contributed by atoms with Crippen LogP contribution in [0.25, 0.3) is 11.2 Å². The lowest BCUT2D eigenvalue weighted by Crippen LogP contribution is -2.58. The van der Waals surface area contributed by atoms with Gasteiger partial charge in [-0.25, -0.2) is 20.2 Å². The van der Waals surface area contributed by atoms with Crippen LogP contribution in [0.3, 0.4) is 0 Å². The van der Waals surface area contributed by atoms with E-state index in [1.54, 1.807) is 56.9 Å². The van der Waals surface area contributed by atoms with Crippen LogP contribution in [0.15, 0.2) is 62.9 Å². The summed E-state index contributed by atoms with van der Waals surface area (Å²) in [6, 6.07) is 4.88. The molecule has 4 heterocycles. The van der Waals surface area contributed by atoms with Crippen molar-refractivity contribution in [1.29, 1.82) is 0 Å². The minimum Gasteiger partial charge on any atom is -0.436 e. The summed E-state index contributed by atoms with van der Waals surface area (Å²) < 4.78 is 11.3. The number of fused-ring (bicyclic) bond motifs is 3. The Balaban J connectivity index is 0.804. The number of methoxy groups -OCH3 is 1. The van der Waals surface area contributed by atoms with E-state index in [1.165, 1.54) is 34.9 Å². The van der Waals surface area contributed by atoms with E-state index in [2.05, 4.69) is 62.4 Å². The van der Waals surface area contributed by atoms with Crippen LogP contribution in [-0.4, -0.2) is 146 Å². The molecular weight excluding hydrogens is 1000 g/mol. The molecule has 2 aliphatic heterocycles. The molecule has 2 aromatic heterocycles. The first-order valence-corrected chi connectivity index (χ1v) is 25.9. The second-order valence-corrected chi connectivity index (χ2v) is 20.1. The first kappa shape index (κ1) is 55.9. The van der Waals surface area contributed by atoms with Crippen molar-refractivity contribution in [3.63, 3.8) is 0 Å². The summed E-state index contributed by atoms with van der Waals surface area (Å²) >= 11 is 0. The number of nitrogens with zero attached hydrogens (tertiary/aromatic N) is 5. The molecule has 1 fully saturated rings. The molecule has 0 spiro atoms. The maximum Gasteiger partial charge on any atom is 0.405 e. The molecule has 6 rings (SSSR count). The second kappa shape index (κ2) is 25.5. The van der Waals surface area contributed by atoms with Crippen LogP contribution in [-0.2, 0) is 44.8 Å². The lowest BCUT2D eigenvalue weighted by Gasteiger charge is -2.38. The van der Waals surface area contributed by atoms with Crippen LogP contribution in [0.4, 0.5) is 16.4 Å². The predicted octanol–water partition coefficient (Wildman–Crippen LogP) is -0.00950. The van der Waals surface area contributed by atoms with Crippen LogP contribution in [0.1, 0.15) is 75.9 Å². The van der Waals surface area contributed by atoms with Gasteiger partial charge in [0.1, 0.15) is 12.3 Å². The van der Waals surface area contributed by atoms with Gasteiger partial charge in [0.05, 0.1) is 48.1 Å². The zero-order chi connectivity index (χ0) is 53.7. The van der Waals surface area contributed by atoms with Gasteiger partial charge in [0, 0.05) is 79.5 Å². The molecule has 0 radical (unpaired) electrons. The average molecular weight is 1060 g/mol. The Hall–Kier alpha value is -7.43. The van der Waals surface area contributed by atoms with Gasteiger partial charge in [-0.3, -0.25) is 43.9 Å². The number of amides is 5. The third kappa shape index (κ3) is 13.6. The molecule has 5 amide bonds. The van der Waals surface area contributed by atoms with Crippen LogP contribution in [0.2, 0.25) is 0 Å². The number of carbonyl (C=O) groups is 8. The summed E-state index contributed by atoms with van der Waals surface area (Å²) in [4.78, 5) is 130. The van der Waals surface area contributed by atoms with E-state index in [4.69, 9.17) is 20.9 Å². The number of hydrogen-bond acceptors (Lipinski definition) is 22. The van der Waals surface area contributed by atoms with Crippen molar-refractivity contribution >= 4 is 97.7 Å². The Labute approximate surface area is 432 Å². The van der Waals surface area contributed by atoms with E-state index in [0.717, 1.165) is 0 Å². The number of aromatic amines is 1. The maximum atomic E-state index is 13.8. The van der Waals surface area contributed by atoms with Gasteiger partial charge in [-0.2, -0.15) is 10.1 Å². The van der Waals surface area contributed by atoms with E-state index in [0.29, 0.717) is 47.0 Å². The van der Waals surface area contributed by atoms with E-state index >= 15 is 0 Å². The molecule has 28 heteroatoms. The Morgan fingerprint density at radius 1 is 0.986 bits per heavy atom. The molecule has 1 aromatic carbocycles. The number of ketones is 2. The molecule has 74 heavy (non-hydrogen) atoms. The molecule has 1 saturated heterocycles. The number of nitrogens with one attached hydrogen (secondary N) is 8. The third-order valence-corrected chi connectivity index (χ3v) is 14.5. The van der Waals surface area contributed by atoms with Crippen molar-refractivity contribution in [3.05, 3.63) is 74.6 Å². The highest BCUT2D eigenvalue weighted by molar-refractivity contribution is 8.76. The number of allylic oxidation sites excluding steroid dienone is 2. The monoisotopic (exact) mass is 1060 g/mol. The van der Waals surface area contributed by atoms with E-state index < -0.39 is 58.9 Å². The fourth-order valence-corrected chi connectivity index (χ4v) is 10.1. The molecule has 12 N–H and O–H groups in total. The normalized spacial score (nSPS) is 19.1. The molecule has 3 aromatic rings. The number of primary amides is 1. The zero-order valence-corrected chi connectivity index (χ0v) is 42.9. The Kier molecular flexibility index (Phi) is 19.2. The average Bonchev–Trinajstić information content (AvgIpc) is 3.85. The third-order valence-electron chi connectivity index (χ3n) is 12.1. The van der Waals surface area contributed by atoms with Gasteiger partial charge in [0.15, 0.2) is 23.0 Å². The number of aldehydes is 1. The minimum absolute atomic E-state index is 0.00471. The Bertz CT molecular complexity index is 2820. The predicted molar refractivity (Wildman–Crippen MR) is 275 cm³/mol. The lowest BCUT2D eigenvalue weighted by atomic mass is 9.87. The molecule has 5 atom stereocenters. The van der Waals surface area contributed by atoms with Gasteiger partial charge in [0.25, 0.3) is 11.5 Å². The fraction of sp³-hybridized carbons (Fsp3) is 0.457. The van der Waals surface area contributed by atoms with Gasteiger partial charge >= 0.3 is 6.09 Å². The first-order valence-electron chi connectivity index (χ1n) is 23.4. The number of ether oxygens (including phenoxy) is 2. The number of hydrazone groups is 1. The number of rotatable bonds is 26. The maximum absolute atomic E-state index is 13.8. The highest BCUT2D eigenvalue weighted by atomic mass is 33.1. The highest BCUT2D eigenvalue weighted by Gasteiger charge is 2.65. The zero-order valence-electron chi connectivity index (χ0n) is 41.2. The number of hydrogen-bond donors (Lipinski definition) is 10. The topological polar surface area (TPSA) is 378 Å². The van der Waals surface area contributed by atoms with Crippen LogP contribution in [0, 0.1) is 0 Å². The summed E-state index contributed by atoms with van der Waals surface area (Å²) in [5.41, 5.74) is 14.3. The number of nitrogen functional groups attached to an aromatic ring is 1. The first-order chi connectivity index (χ1) is 35.4. The number of H-pyrrole nitrogens is 1. The van der Waals surface area contributed by atoms with Crippen LogP contribution < -0.4 is 54.4 Å². The number of aromatic nitrogens is 4. The van der Waals surface area contributed by atoms with Crippen molar-refractivity contribution in [3.8, 4) is 0 Å². The van der Waals surface area contributed by atoms with Gasteiger partial charge in [0.2, 0.25) is 35.2 Å². The van der Waals surface area contributed by atoms with Gasteiger partial charge in [-0.1, -0.05) is 21.6 Å². The van der Waals surface area contributed by atoms with Crippen molar-refractivity contribution in [2.75, 3.05) is 49.4 Å². The highest BCUT2D eigenvalue weighted by Crippen LogP contribution is 2.48. The van der Waals surface area contributed by atoms with E-state index in [9.17, 15) is 43.2 Å². The molecule has 26 nitrogen and oxygen atoms in total. The molecule has 0 saturated carbocycles. The lowest BCUT2D eigenvalue weighted by molar-refractivity contribution is -0.152. The number of benzene rings is 1. The number of carbonyl (C=O) groups excluding carboxylic acids is 8. The minimum atomic E-state index is -1.33. The Morgan fingerprint density at radius 2 is 1.73 bits per heavy atom. The Morgan fingerprint density at radius 3 is 2.45 bits per heavy atom. The van der Waals surface area contributed by atoms with Gasteiger partial charge in [-0.05, 0) is 64.8 Å². The van der Waals surface area contributed by atoms with Crippen LogP contribution >= 0.6 is 21.6 Å². The van der Waals surface area contributed by atoms with Crippen molar-refractivity contribution in [2.24, 2.45) is 10.8 Å². The van der Waals surface area contributed by atoms with E-state index in [-0.39, 0.29) is 109 Å². The molecular formula is C46H59N15O11S2. The summed E-state index contributed by atoms with van der Waals surface area (Å²) in [6.45, 7) is 7.37. The summed E-state index contributed by atoms with van der Waals surface area (Å²) in [5.74, 6) is -1.49. The standard InChI is InChI=1S/C46H59N15O11S2/c1-23(54-42(68)27-8-10-28(11-9-27)50-18-29-19-52-41-36(56-29)43(69)58-44(47)57-41)6-13-32(64)55-30(21-62)20-51-31(63)12-7-24(2)59-60-33(65)14-16-73-74-17-15-49-35-25(3)38(66)37-34(39(35)67)40(72-45(48)70)46(71-5)26(4)53-22-61(37)46/h8-11,19,21,23,26,30,40,49-50,53H,6-7,12-18,20,22H2,1-5H3,(H2,48,70)(H,51,63)(H,54,68)(H,55,64)(H,60,65)(H3,47,52,57,58,69)/b59-24+/t23?,26-,30?,40?,46-/m0/s1. The van der Waals surface area contributed by atoms with E-state index in [1.807, 2.05) is 0 Å². The molecule has 3 unspecified atom stereocenters. The molecule has 1 aliphatic carbocycles. The molecule has 0 bridgehead atoms. The van der Waals surface area contributed by atoms with Gasteiger partial charge in [-0.15, -0.1) is 0 Å². The SMILES string of the molecule is CO[C@@]12C(OC(N)=O)C3=C(C(=O)C(C)=C(NCCSSCCC(=O)N/N=C(\C)CCC(=O)NCC(C=O)NC(=O)CCC(C)NC(=O)c4ccc(NCc5cnc6nc(N)[nH]c(=O)c6n5)cc4)C3=O)N1CN[C@H]2C. The van der Waals surface area contributed by atoms with Crippen molar-refractivity contribution in [2.45, 2.75) is 96.3 Å². The second-order valence-electron chi connectivity index (χ2n) is 17.4. The summed E-state index contributed by atoms with van der Waals surface area (Å²) in [7, 11) is 4.30. The smallest absolute Gasteiger partial charge is 0.405 e. The molecule has 396 valence electrons. The van der Waals surface area contributed by atoms with Crippen molar-refractivity contribution < 1.29 is 47.8 Å². The molecule has 3 aliphatic rings. The quantitative estimate of drug-likeness (QED) is 0.0126. The summed E-state index contributed by atoms with van der Waals surface area (Å²) in [6.07, 6.45) is 0.312. The number of anilines is 2. The largest absolute Gasteiger partial charge is 0.436 e. The number of Topliss-reactive ketones (excluding diaryl/α,β-unsaturated/α-hetero) is 2. The van der Waals surface area contributed by atoms with Gasteiger partial charge < -0.3 is 57.2 Å².